The number of rotatable bonds is 0. The summed E-state index contributed by atoms with van der Waals surface area (Å²) in [6.07, 6.45) is 0. The van der Waals surface area contributed by atoms with E-state index in [0.29, 0.717) is 0 Å². The number of urea groups is 1. The van der Waals surface area contributed by atoms with E-state index in [4.69, 9.17) is 0 Å². The number of hydrogen-bond acceptors (Lipinski definition) is 3. The van der Waals surface area contributed by atoms with E-state index in [1.54, 1.807) is 16.7 Å². The second kappa shape index (κ2) is 2.14. The number of nitrogens with one attached hydrogen (secondary N) is 1. The third-order valence-electron chi connectivity index (χ3n) is 1.99. The Morgan fingerprint density at radius 1 is 1.64 bits per heavy atom. The zero-order valence-corrected chi connectivity index (χ0v) is 6.85. The molecule has 0 aromatic heterocycles. The first kappa shape index (κ1) is 6.97. The fourth-order valence-corrected chi connectivity index (χ4v) is 2.58. The molecule has 0 aromatic rings. The van der Waals surface area contributed by atoms with Crippen LogP contribution in [-0.4, -0.2) is 34.0 Å². The summed E-state index contributed by atoms with van der Waals surface area (Å²) >= 11 is 1.64. The van der Waals surface area contributed by atoms with Crippen LogP contribution in [0.2, 0.25) is 0 Å². The lowest BCUT2D eigenvalue weighted by molar-refractivity contribution is -0.120. The number of fused-ring (bicyclic) bond motifs is 1. The molecule has 0 spiro atoms. The van der Waals surface area contributed by atoms with Gasteiger partial charge >= 0.3 is 6.03 Å². The van der Waals surface area contributed by atoms with Gasteiger partial charge in [-0.05, 0) is 6.92 Å². The molecule has 3 amide bonds. The molecule has 2 atom stereocenters. The van der Waals surface area contributed by atoms with Crippen molar-refractivity contribution in [2.45, 2.75) is 18.3 Å². The maximum absolute atomic E-state index is 11.1. The fraction of sp³-hybridized carbons (Fsp3) is 0.667. The van der Waals surface area contributed by atoms with Crippen molar-refractivity contribution in [2.75, 3.05) is 5.75 Å². The van der Waals surface area contributed by atoms with Gasteiger partial charge in [0.05, 0.1) is 5.37 Å². The van der Waals surface area contributed by atoms with E-state index >= 15 is 0 Å². The molecule has 0 bridgehead atoms. The minimum Gasteiger partial charge on any atom is -0.300 e. The molecule has 1 N–H and O–H groups in total. The Morgan fingerprint density at radius 3 is 3.00 bits per heavy atom. The molecule has 2 unspecified atom stereocenters. The van der Waals surface area contributed by atoms with Gasteiger partial charge in [0.25, 0.3) is 5.91 Å². The minimum absolute atomic E-state index is 0.145. The summed E-state index contributed by atoms with van der Waals surface area (Å²) in [5.74, 6) is 0.588. The number of carbonyl (C=O) groups excluding carboxylic acids is 2. The minimum atomic E-state index is -0.238. The lowest BCUT2D eigenvalue weighted by Crippen LogP contribution is -2.34. The Balaban J connectivity index is 2.28. The van der Waals surface area contributed by atoms with Gasteiger partial charge in [-0.3, -0.25) is 15.0 Å². The second-order valence-corrected chi connectivity index (χ2v) is 4.00. The van der Waals surface area contributed by atoms with E-state index < -0.39 is 0 Å². The van der Waals surface area contributed by atoms with Crippen molar-refractivity contribution in [3.63, 3.8) is 0 Å². The smallest absolute Gasteiger partial charge is 0.300 e. The first-order valence-electron chi connectivity index (χ1n) is 3.45. The van der Waals surface area contributed by atoms with E-state index in [2.05, 4.69) is 5.32 Å². The van der Waals surface area contributed by atoms with Crippen molar-refractivity contribution in [1.29, 1.82) is 0 Å². The van der Waals surface area contributed by atoms with Crippen LogP contribution in [0.1, 0.15) is 6.92 Å². The average molecular weight is 172 g/mol. The fourth-order valence-electron chi connectivity index (χ4n) is 1.41. The third kappa shape index (κ3) is 0.837. The van der Waals surface area contributed by atoms with Gasteiger partial charge in [0.1, 0.15) is 6.04 Å². The lowest BCUT2D eigenvalue weighted by atomic mass is 10.3. The number of amides is 3. The van der Waals surface area contributed by atoms with Crippen LogP contribution in [-0.2, 0) is 4.79 Å². The summed E-state index contributed by atoms with van der Waals surface area (Å²) in [4.78, 5) is 23.7. The average Bonchev–Trinajstić information content (AvgIpc) is 2.41. The second-order valence-electron chi connectivity index (χ2n) is 2.65. The summed E-state index contributed by atoms with van der Waals surface area (Å²) < 4.78 is 0. The Morgan fingerprint density at radius 2 is 2.36 bits per heavy atom. The van der Waals surface area contributed by atoms with E-state index in [9.17, 15) is 9.59 Å². The summed E-state index contributed by atoms with van der Waals surface area (Å²) in [7, 11) is 0. The Kier molecular flexibility index (Phi) is 1.35. The zero-order chi connectivity index (χ0) is 8.01. The van der Waals surface area contributed by atoms with Gasteiger partial charge in [0.2, 0.25) is 0 Å². The molecule has 11 heavy (non-hydrogen) atoms. The Hall–Kier alpha value is -0.710. The number of imide groups is 1. The monoisotopic (exact) mass is 172 g/mol. The molecule has 2 rings (SSSR count). The van der Waals surface area contributed by atoms with Crippen LogP contribution in [0, 0.1) is 0 Å². The molecule has 60 valence electrons. The molecule has 5 heteroatoms. The first-order valence-corrected chi connectivity index (χ1v) is 4.50. The van der Waals surface area contributed by atoms with Crippen molar-refractivity contribution in [3.05, 3.63) is 0 Å². The Labute approximate surface area is 68.3 Å². The molecule has 0 aliphatic carbocycles. The van der Waals surface area contributed by atoms with Crippen LogP contribution in [0.4, 0.5) is 4.79 Å². The van der Waals surface area contributed by atoms with Crippen molar-refractivity contribution in [1.82, 2.24) is 10.2 Å². The summed E-state index contributed by atoms with van der Waals surface area (Å²) in [6, 6.07) is -0.444. The van der Waals surface area contributed by atoms with Crippen LogP contribution < -0.4 is 5.32 Å². The maximum atomic E-state index is 11.1. The van der Waals surface area contributed by atoms with Gasteiger partial charge in [-0.2, -0.15) is 0 Å². The third-order valence-corrected chi connectivity index (χ3v) is 3.21. The molecule has 0 radical (unpaired) electrons. The van der Waals surface area contributed by atoms with Crippen LogP contribution in [0.5, 0.6) is 0 Å². The number of carbonyl (C=O) groups is 2. The van der Waals surface area contributed by atoms with Gasteiger partial charge in [-0.25, -0.2) is 4.79 Å². The Bertz CT molecular complexity index is 231. The highest BCUT2D eigenvalue weighted by molar-refractivity contribution is 8.00. The SMILES string of the molecule is CC1SCC2C(=O)NC(=O)N12. The molecular weight excluding hydrogens is 164 g/mol. The van der Waals surface area contributed by atoms with E-state index in [1.807, 2.05) is 6.92 Å². The lowest BCUT2D eigenvalue weighted by Gasteiger charge is -2.15. The molecule has 2 aliphatic rings. The van der Waals surface area contributed by atoms with Crippen molar-refractivity contribution in [3.8, 4) is 0 Å². The predicted molar refractivity (Wildman–Crippen MR) is 41.1 cm³/mol. The van der Waals surface area contributed by atoms with Crippen LogP contribution in [0.15, 0.2) is 0 Å². The molecular formula is C6H8N2O2S. The van der Waals surface area contributed by atoms with Crippen LogP contribution in [0.25, 0.3) is 0 Å². The highest BCUT2D eigenvalue weighted by Crippen LogP contribution is 2.31. The molecule has 2 fully saturated rings. The normalized spacial score (nSPS) is 35.9. The zero-order valence-electron chi connectivity index (χ0n) is 6.03. The number of hydrogen-bond donors (Lipinski definition) is 1. The number of nitrogens with zero attached hydrogens (tertiary/aromatic N) is 1. The van der Waals surface area contributed by atoms with E-state index in [0.717, 1.165) is 5.75 Å². The molecule has 0 aromatic carbocycles. The van der Waals surface area contributed by atoms with Gasteiger partial charge < -0.3 is 0 Å². The van der Waals surface area contributed by atoms with Gasteiger partial charge in [-0.15, -0.1) is 11.8 Å². The van der Waals surface area contributed by atoms with E-state index in [1.165, 1.54) is 0 Å². The van der Waals surface area contributed by atoms with Crippen molar-refractivity contribution < 1.29 is 9.59 Å². The van der Waals surface area contributed by atoms with E-state index in [-0.39, 0.29) is 23.4 Å². The van der Waals surface area contributed by atoms with Crippen LogP contribution >= 0.6 is 11.8 Å². The van der Waals surface area contributed by atoms with Crippen molar-refractivity contribution in [2.24, 2.45) is 0 Å². The number of thioether (sulfide) groups is 1. The molecule has 0 saturated carbocycles. The van der Waals surface area contributed by atoms with Crippen LogP contribution in [0.3, 0.4) is 0 Å². The predicted octanol–water partition coefficient (Wildman–Crippen LogP) is -0.000400. The van der Waals surface area contributed by atoms with Gasteiger partial charge in [0, 0.05) is 5.75 Å². The van der Waals surface area contributed by atoms with Crippen molar-refractivity contribution >= 4 is 23.7 Å². The topological polar surface area (TPSA) is 49.4 Å². The molecule has 2 aliphatic heterocycles. The standard InChI is InChI=1S/C6H8N2O2S/c1-3-8-4(2-11-3)5(9)7-6(8)10/h3-4H,2H2,1H3,(H,7,9,10). The van der Waals surface area contributed by atoms with Gasteiger partial charge in [0.15, 0.2) is 0 Å². The highest BCUT2D eigenvalue weighted by Gasteiger charge is 2.45. The quantitative estimate of drug-likeness (QED) is 0.523. The molecule has 4 nitrogen and oxygen atoms in total. The first-order chi connectivity index (χ1) is 5.20. The summed E-state index contributed by atoms with van der Waals surface area (Å²) in [6.45, 7) is 1.93. The summed E-state index contributed by atoms with van der Waals surface area (Å²) in [5, 5.41) is 2.43. The maximum Gasteiger partial charge on any atom is 0.325 e. The highest BCUT2D eigenvalue weighted by atomic mass is 32.2. The molecule has 2 heterocycles. The largest absolute Gasteiger partial charge is 0.325 e. The molecule has 2 saturated heterocycles. The summed E-state index contributed by atoms with van der Waals surface area (Å²) in [5.41, 5.74) is 0. The van der Waals surface area contributed by atoms with Gasteiger partial charge in [-0.1, -0.05) is 0 Å².